The molecule has 0 aliphatic rings. The fourth-order valence-electron chi connectivity index (χ4n) is 2.38. The van der Waals surface area contributed by atoms with Crippen LogP contribution in [0.4, 0.5) is 15.9 Å². The number of halogens is 2. The highest BCUT2D eigenvalue weighted by Gasteiger charge is 2.22. The number of carbonyl (C=O) groups excluding carboxylic acids is 2. The molecule has 1 aromatic carbocycles. The van der Waals surface area contributed by atoms with Crippen molar-refractivity contribution in [3.63, 3.8) is 0 Å². The van der Waals surface area contributed by atoms with Crippen molar-refractivity contribution >= 4 is 45.8 Å². The van der Waals surface area contributed by atoms with Crippen LogP contribution in [0, 0.1) is 9.39 Å². The molecule has 1 aromatic heterocycles. The van der Waals surface area contributed by atoms with Crippen LogP contribution in [0.3, 0.4) is 0 Å². The first kappa shape index (κ1) is 21.3. The number of amides is 1. The lowest BCUT2D eigenvalue weighted by Crippen LogP contribution is -2.28. The van der Waals surface area contributed by atoms with Gasteiger partial charge in [0.05, 0.1) is 23.6 Å². The van der Waals surface area contributed by atoms with Crippen LogP contribution in [0.25, 0.3) is 0 Å². The third kappa shape index (κ3) is 5.50. The molecule has 0 saturated carbocycles. The largest absolute Gasteiger partial charge is 0.339 e. The molecule has 0 atom stereocenters. The van der Waals surface area contributed by atoms with E-state index in [1.807, 2.05) is 41.6 Å². The molecule has 146 valence electrons. The Morgan fingerprint density at radius 2 is 2.00 bits per heavy atom. The van der Waals surface area contributed by atoms with Crippen molar-refractivity contribution in [2.75, 3.05) is 32.6 Å². The fourth-order valence-corrected chi connectivity index (χ4v) is 2.84. The normalized spacial score (nSPS) is 10.9. The summed E-state index contributed by atoms with van der Waals surface area (Å²) in [7, 11) is 5.41. The molecule has 0 spiro atoms. The second-order valence-electron chi connectivity index (χ2n) is 6.24. The number of benzene rings is 1. The van der Waals surface area contributed by atoms with Crippen molar-refractivity contribution in [2.45, 2.75) is 6.92 Å². The van der Waals surface area contributed by atoms with E-state index >= 15 is 0 Å². The number of aromatic nitrogens is 1. The molecule has 0 unspecified atom stereocenters. The van der Waals surface area contributed by atoms with Crippen molar-refractivity contribution < 1.29 is 18.8 Å². The summed E-state index contributed by atoms with van der Waals surface area (Å²) in [5, 5.41) is 2.91. The molecule has 0 bridgehead atoms. The highest BCUT2D eigenvalue weighted by Crippen LogP contribution is 2.27. The van der Waals surface area contributed by atoms with Crippen molar-refractivity contribution in [3.8, 4) is 0 Å². The predicted octanol–water partition coefficient (Wildman–Crippen LogP) is 2.94. The van der Waals surface area contributed by atoms with Crippen molar-refractivity contribution in [3.05, 3.63) is 44.9 Å². The third-order valence-electron chi connectivity index (χ3n) is 3.83. The Balaban J connectivity index is 2.29. The van der Waals surface area contributed by atoms with Gasteiger partial charge in [0.1, 0.15) is 11.6 Å². The number of likely N-dealkylation sites (N-methyl/N-ethyl adjacent to an activating group) is 1. The molecule has 2 aromatic rings. The Morgan fingerprint density at radius 1 is 1.30 bits per heavy atom. The highest BCUT2D eigenvalue weighted by atomic mass is 127. The smallest absolute Gasteiger partial charge is 0.278 e. The molecule has 0 radical (unpaired) electrons. The lowest BCUT2D eigenvalue weighted by Gasteiger charge is -2.13. The van der Waals surface area contributed by atoms with Gasteiger partial charge in [-0.05, 0) is 61.0 Å². The maximum Gasteiger partial charge on any atom is 0.278 e. The van der Waals surface area contributed by atoms with Gasteiger partial charge in [-0.1, -0.05) is 0 Å². The maximum absolute atomic E-state index is 14.2. The Morgan fingerprint density at radius 3 is 2.59 bits per heavy atom. The molecule has 2 rings (SSSR count). The van der Waals surface area contributed by atoms with Gasteiger partial charge >= 0.3 is 0 Å². The number of rotatable bonds is 8. The molecule has 2 N–H and O–H groups in total. The lowest BCUT2D eigenvalue weighted by atomic mass is 10.2. The van der Waals surface area contributed by atoms with E-state index in [-0.39, 0.29) is 17.0 Å². The number of ketones is 1. The quantitative estimate of drug-likeness (QED) is 0.259. The Kier molecular flexibility index (Phi) is 7.33. The van der Waals surface area contributed by atoms with E-state index in [1.54, 1.807) is 19.2 Å². The van der Waals surface area contributed by atoms with Crippen LogP contribution in [-0.4, -0.2) is 48.4 Å². The summed E-state index contributed by atoms with van der Waals surface area (Å²) in [5.74, 6) is -0.892. The number of hydrogen-bond acceptors (Lipinski definition) is 5. The molecule has 0 saturated heterocycles. The third-order valence-corrected chi connectivity index (χ3v) is 4.50. The Hall–Kier alpha value is -1.98. The maximum atomic E-state index is 14.2. The van der Waals surface area contributed by atoms with Gasteiger partial charge in [0, 0.05) is 24.1 Å². The van der Waals surface area contributed by atoms with Crippen molar-refractivity contribution in [2.24, 2.45) is 7.05 Å². The van der Waals surface area contributed by atoms with E-state index in [4.69, 9.17) is 4.84 Å². The lowest BCUT2D eigenvalue weighted by molar-refractivity contribution is 0.0264. The molecular weight excluding hydrogens is 466 g/mol. The van der Waals surface area contributed by atoms with Gasteiger partial charge in [-0.25, -0.2) is 9.87 Å². The molecule has 1 amide bonds. The standard InChI is InChI=1S/C18H22FIN4O3/c1-11(25)16-10-13(18(26)22-27-8-7-23(2)3)17(24(16)4)21-15-6-5-12(20)9-14(15)19/h5-6,9-10,21H,7-8H2,1-4H3,(H,22,26). The summed E-state index contributed by atoms with van der Waals surface area (Å²) < 4.78 is 16.5. The Bertz CT molecular complexity index is 851. The van der Waals surface area contributed by atoms with Gasteiger partial charge in [-0.3, -0.25) is 14.4 Å². The van der Waals surface area contributed by atoms with Crippen LogP contribution in [-0.2, 0) is 11.9 Å². The van der Waals surface area contributed by atoms with Crippen LogP contribution in [0.15, 0.2) is 24.3 Å². The van der Waals surface area contributed by atoms with Gasteiger partial charge in [0.15, 0.2) is 5.78 Å². The van der Waals surface area contributed by atoms with E-state index in [1.165, 1.54) is 23.6 Å². The number of hydroxylamine groups is 1. The summed E-state index contributed by atoms with van der Waals surface area (Å²) in [6, 6.07) is 6.15. The van der Waals surface area contributed by atoms with Gasteiger partial charge in [-0.15, -0.1) is 0 Å². The molecule has 0 fully saturated rings. The number of anilines is 2. The van der Waals surface area contributed by atoms with Crippen LogP contribution < -0.4 is 10.8 Å². The molecule has 0 aliphatic heterocycles. The molecule has 7 nitrogen and oxygen atoms in total. The SMILES string of the molecule is CC(=O)c1cc(C(=O)NOCCN(C)C)c(Nc2ccc(I)cc2F)n1C. The Labute approximate surface area is 171 Å². The zero-order valence-electron chi connectivity index (χ0n) is 15.6. The van der Waals surface area contributed by atoms with Gasteiger partial charge in [-0.2, -0.15) is 0 Å². The number of nitrogens with zero attached hydrogens (tertiary/aromatic N) is 2. The minimum absolute atomic E-state index is 0.186. The van der Waals surface area contributed by atoms with E-state index in [0.717, 1.165) is 3.57 Å². The first-order chi connectivity index (χ1) is 12.7. The van der Waals surface area contributed by atoms with Crippen LogP contribution >= 0.6 is 22.6 Å². The van der Waals surface area contributed by atoms with Crippen LogP contribution in [0.2, 0.25) is 0 Å². The highest BCUT2D eigenvalue weighted by molar-refractivity contribution is 14.1. The number of hydrogen-bond donors (Lipinski definition) is 2. The topological polar surface area (TPSA) is 75.6 Å². The van der Waals surface area contributed by atoms with Gasteiger partial charge in [0.25, 0.3) is 5.91 Å². The summed E-state index contributed by atoms with van der Waals surface area (Å²) >= 11 is 2.01. The van der Waals surface area contributed by atoms with Crippen LogP contribution in [0.1, 0.15) is 27.8 Å². The fraction of sp³-hybridized carbons (Fsp3) is 0.333. The van der Waals surface area contributed by atoms with Gasteiger partial charge < -0.3 is 14.8 Å². The van der Waals surface area contributed by atoms with E-state index in [2.05, 4.69) is 10.8 Å². The number of carbonyl (C=O) groups is 2. The average Bonchev–Trinajstić information content (AvgIpc) is 2.91. The van der Waals surface area contributed by atoms with Crippen LogP contribution in [0.5, 0.6) is 0 Å². The summed E-state index contributed by atoms with van der Waals surface area (Å²) in [6.07, 6.45) is 0. The molecule has 1 heterocycles. The molecule has 27 heavy (non-hydrogen) atoms. The molecule has 9 heteroatoms. The minimum Gasteiger partial charge on any atom is -0.339 e. The van der Waals surface area contributed by atoms with E-state index < -0.39 is 11.7 Å². The average molecular weight is 488 g/mol. The predicted molar refractivity (Wildman–Crippen MR) is 110 cm³/mol. The number of nitrogens with one attached hydrogen (secondary N) is 2. The molecular formula is C18H22FIN4O3. The first-order valence-electron chi connectivity index (χ1n) is 8.20. The number of Topliss-reactive ketones (excluding diaryl/α,β-unsaturated/α-hetero) is 1. The summed E-state index contributed by atoms with van der Waals surface area (Å²) in [6.45, 7) is 2.34. The summed E-state index contributed by atoms with van der Waals surface area (Å²) in [5.41, 5.74) is 3.07. The minimum atomic E-state index is -0.523. The second kappa shape index (κ2) is 9.29. The van der Waals surface area contributed by atoms with E-state index in [9.17, 15) is 14.0 Å². The summed E-state index contributed by atoms with van der Waals surface area (Å²) in [4.78, 5) is 31.5. The molecule has 0 aliphatic carbocycles. The van der Waals surface area contributed by atoms with E-state index in [0.29, 0.717) is 24.7 Å². The zero-order valence-corrected chi connectivity index (χ0v) is 17.8. The van der Waals surface area contributed by atoms with Crippen molar-refractivity contribution in [1.29, 1.82) is 0 Å². The monoisotopic (exact) mass is 488 g/mol. The zero-order chi connectivity index (χ0) is 20.1. The second-order valence-corrected chi connectivity index (χ2v) is 7.48. The first-order valence-corrected chi connectivity index (χ1v) is 9.28. The van der Waals surface area contributed by atoms with Gasteiger partial charge in [0.2, 0.25) is 0 Å². The van der Waals surface area contributed by atoms with Crippen molar-refractivity contribution in [1.82, 2.24) is 14.9 Å².